The summed E-state index contributed by atoms with van der Waals surface area (Å²) in [7, 11) is -3.73. The van der Waals surface area contributed by atoms with E-state index >= 15 is 0 Å². The Morgan fingerprint density at radius 3 is 2.48 bits per heavy atom. The first-order chi connectivity index (χ1) is 16.0. The highest BCUT2D eigenvalue weighted by atomic mass is 32.2. The summed E-state index contributed by atoms with van der Waals surface area (Å²) < 4.78 is 30.1. The summed E-state index contributed by atoms with van der Waals surface area (Å²) in [6.45, 7) is 1.55. The third-order valence-electron chi connectivity index (χ3n) is 6.39. The first-order valence-electron chi connectivity index (χ1n) is 11.4. The SMILES string of the molecule is O=C(c1ccc(S(=O)(=O)Nc2ccccc2)cc1)N1CCCC1c1nnc2n1CCCCC2. The van der Waals surface area contributed by atoms with Gasteiger partial charge in [-0.15, -0.1) is 10.2 Å². The summed E-state index contributed by atoms with van der Waals surface area (Å²) in [5.41, 5.74) is 0.959. The minimum atomic E-state index is -3.73. The maximum Gasteiger partial charge on any atom is 0.261 e. The number of sulfonamides is 1. The molecule has 1 atom stereocenters. The molecule has 3 heterocycles. The second-order valence-electron chi connectivity index (χ2n) is 8.59. The van der Waals surface area contributed by atoms with Crippen LogP contribution in [0.1, 0.15) is 60.2 Å². The number of aromatic nitrogens is 3. The monoisotopic (exact) mass is 465 g/mol. The van der Waals surface area contributed by atoms with Gasteiger partial charge in [0, 0.05) is 30.8 Å². The van der Waals surface area contributed by atoms with Crippen LogP contribution in [0.25, 0.3) is 0 Å². The first kappa shape index (κ1) is 21.6. The maximum atomic E-state index is 13.3. The molecule has 0 radical (unpaired) electrons. The summed E-state index contributed by atoms with van der Waals surface area (Å²) in [4.78, 5) is 15.3. The highest BCUT2D eigenvalue weighted by Crippen LogP contribution is 2.33. The molecule has 1 saturated heterocycles. The number of hydrogen-bond donors (Lipinski definition) is 1. The zero-order valence-corrected chi connectivity index (χ0v) is 19.2. The van der Waals surface area contributed by atoms with Gasteiger partial charge in [0.2, 0.25) is 0 Å². The van der Waals surface area contributed by atoms with Gasteiger partial charge in [-0.2, -0.15) is 0 Å². The summed E-state index contributed by atoms with van der Waals surface area (Å²) in [6, 6.07) is 14.8. The molecule has 2 aromatic carbocycles. The lowest BCUT2D eigenvalue weighted by Gasteiger charge is -2.25. The number of nitrogens with zero attached hydrogens (tertiary/aromatic N) is 4. The van der Waals surface area contributed by atoms with Crippen molar-refractivity contribution in [1.29, 1.82) is 0 Å². The van der Waals surface area contributed by atoms with E-state index in [1.165, 1.54) is 18.6 Å². The van der Waals surface area contributed by atoms with Crippen LogP contribution in [0.4, 0.5) is 5.69 Å². The minimum Gasteiger partial charge on any atom is -0.328 e. The second kappa shape index (κ2) is 8.97. The van der Waals surface area contributed by atoms with Gasteiger partial charge >= 0.3 is 0 Å². The van der Waals surface area contributed by atoms with Crippen molar-refractivity contribution in [2.24, 2.45) is 0 Å². The van der Waals surface area contributed by atoms with Crippen molar-refractivity contribution < 1.29 is 13.2 Å². The van der Waals surface area contributed by atoms with E-state index in [1.807, 2.05) is 11.0 Å². The standard InChI is InChI=1S/C24H27N5O3S/c30-24(18-12-14-20(15-13-18)33(31,32)27-19-8-3-1-4-9-19)28-17-7-10-21(28)23-26-25-22-11-5-2-6-16-29(22)23/h1,3-4,8-9,12-15,21,27H,2,5-7,10-11,16-17H2. The molecule has 0 saturated carbocycles. The van der Waals surface area contributed by atoms with Gasteiger partial charge < -0.3 is 9.47 Å². The van der Waals surface area contributed by atoms with Gasteiger partial charge in [0.1, 0.15) is 5.82 Å². The zero-order chi connectivity index (χ0) is 22.8. The van der Waals surface area contributed by atoms with Gasteiger partial charge in [0.25, 0.3) is 15.9 Å². The lowest BCUT2D eigenvalue weighted by molar-refractivity contribution is 0.0727. The third kappa shape index (κ3) is 4.37. The molecule has 0 bridgehead atoms. The van der Waals surface area contributed by atoms with Crippen molar-refractivity contribution in [2.75, 3.05) is 11.3 Å². The number of carbonyl (C=O) groups excluding carboxylic acids is 1. The Labute approximate surface area is 193 Å². The van der Waals surface area contributed by atoms with Crippen LogP contribution < -0.4 is 4.72 Å². The topological polar surface area (TPSA) is 97.2 Å². The molecule has 3 aromatic rings. The number of anilines is 1. The minimum absolute atomic E-state index is 0.0972. The molecule has 9 heteroatoms. The fourth-order valence-corrected chi connectivity index (χ4v) is 5.75. The number of aryl methyl sites for hydroxylation is 1. The molecular weight excluding hydrogens is 438 g/mol. The average Bonchev–Trinajstić information content (AvgIpc) is 3.39. The molecule has 0 aliphatic carbocycles. The highest BCUT2D eigenvalue weighted by Gasteiger charge is 2.35. The Balaban J connectivity index is 1.35. The third-order valence-corrected chi connectivity index (χ3v) is 7.78. The van der Waals surface area contributed by atoms with Crippen molar-refractivity contribution >= 4 is 21.6 Å². The van der Waals surface area contributed by atoms with E-state index < -0.39 is 10.0 Å². The summed E-state index contributed by atoms with van der Waals surface area (Å²) in [5.74, 6) is 1.79. The molecule has 1 fully saturated rings. The van der Waals surface area contributed by atoms with E-state index in [4.69, 9.17) is 0 Å². The van der Waals surface area contributed by atoms with Crippen LogP contribution in [0, 0.1) is 0 Å². The smallest absolute Gasteiger partial charge is 0.261 e. The quantitative estimate of drug-likeness (QED) is 0.618. The number of hydrogen-bond acceptors (Lipinski definition) is 5. The van der Waals surface area contributed by atoms with Crippen LogP contribution >= 0.6 is 0 Å². The lowest BCUT2D eigenvalue weighted by atomic mass is 10.1. The van der Waals surface area contributed by atoms with E-state index in [1.54, 1.807) is 36.4 Å². The largest absolute Gasteiger partial charge is 0.328 e. The molecule has 172 valence electrons. The van der Waals surface area contributed by atoms with Crippen molar-refractivity contribution in [2.45, 2.75) is 56.0 Å². The van der Waals surface area contributed by atoms with Crippen LogP contribution in [0.3, 0.4) is 0 Å². The molecule has 8 nitrogen and oxygen atoms in total. The Kier molecular flexibility index (Phi) is 5.88. The van der Waals surface area contributed by atoms with E-state index in [9.17, 15) is 13.2 Å². The van der Waals surface area contributed by atoms with Crippen molar-refractivity contribution in [3.8, 4) is 0 Å². The number of amides is 1. The normalized spacial score (nSPS) is 18.5. The molecule has 1 N–H and O–H groups in total. The fraction of sp³-hybridized carbons (Fsp3) is 0.375. The number of fused-ring (bicyclic) bond motifs is 1. The van der Waals surface area contributed by atoms with Gasteiger partial charge in [0.05, 0.1) is 10.9 Å². The first-order valence-corrected chi connectivity index (χ1v) is 12.9. The number of nitrogens with one attached hydrogen (secondary N) is 1. The number of para-hydroxylation sites is 1. The molecule has 1 unspecified atom stereocenters. The predicted octanol–water partition coefficient (Wildman–Crippen LogP) is 3.78. The van der Waals surface area contributed by atoms with E-state index in [0.29, 0.717) is 17.8 Å². The molecular formula is C24H27N5O3S. The molecule has 0 spiro atoms. The number of benzene rings is 2. The van der Waals surface area contributed by atoms with Crippen LogP contribution in [0.5, 0.6) is 0 Å². The molecule has 2 aliphatic heterocycles. The molecule has 2 aliphatic rings. The summed E-state index contributed by atoms with van der Waals surface area (Å²) in [5, 5.41) is 8.87. The van der Waals surface area contributed by atoms with Gasteiger partial charge in [-0.05, 0) is 62.1 Å². The van der Waals surface area contributed by atoms with E-state index in [-0.39, 0.29) is 16.8 Å². The lowest BCUT2D eigenvalue weighted by Crippen LogP contribution is -2.32. The molecule has 1 aromatic heterocycles. The maximum absolute atomic E-state index is 13.3. The molecule has 1 amide bonds. The van der Waals surface area contributed by atoms with Crippen LogP contribution in [0.15, 0.2) is 59.5 Å². The molecule has 5 rings (SSSR count). The summed E-state index contributed by atoms with van der Waals surface area (Å²) >= 11 is 0. The van der Waals surface area contributed by atoms with Crippen LogP contribution in [0.2, 0.25) is 0 Å². The van der Waals surface area contributed by atoms with Gasteiger partial charge in [0.15, 0.2) is 5.82 Å². The molecule has 33 heavy (non-hydrogen) atoms. The van der Waals surface area contributed by atoms with Crippen LogP contribution in [-0.4, -0.2) is 40.5 Å². The number of rotatable bonds is 5. The van der Waals surface area contributed by atoms with Crippen molar-refractivity contribution in [3.63, 3.8) is 0 Å². The van der Waals surface area contributed by atoms with Crippen molar-refractivity contribution in [3.05, 3.63) is 71.8 Å². The Morgan fingerprint density at radius 1 is 0.909 bits per heavy atom. The van der Waals surface area contributed by atoms with Gasteiger partial charge in [-0.1, -0.05) is 24.6 Å². The number of carbonyl (C=O) groups is 1. The fourth-order valence-electron chi connectivity index (χ4n) is 4.70. The Bertz CT molecular complexity index is 1240. The Morgan fingerprint density at radius 2 is 1.70 bits per heavy atom. The average molecular weight is 466 g/mol. The van der Waals surface area contributed by atoms with Crippen molar-refractivity contribution in [1.82, 2.24) is 19.7 Å². The Hall–Kier alpha value is -3.20. The van der Waals surface area contributed by atoms with Gasteiger partial charge in [-0.3, -0.25) is 9.52 Å². The zero-order valence-electron chi connectivity index (χ0n) is 18.4. The number of likely N-dealkylation sites (tertiary alicyclic amines) is 1. The van der Waals surface area contributed by atoms with E-state index in [2.05, 4.69) is 19.5 Å². The van der Waals surface area contributed by atoms with E-state index in [0.717, 1.165) is 50.3 Å². The highest BCUT2D eigenvalue weighted by molar-refractivity contribution is 7.92. The summed E-state index contributed by atoms with van der Waals surface area (Å²) in [6.07, 6.45) is 6.11. The second-order valence-corrected chi connectivity index (χ2v) is 10.3. The van der Waals surface area contributed by atoms with Gasteiger partial charge in [-0.25, -0.2) is 8.42 Å². The predicted molar refractivity (Wildman–Crippen MR) is 124 cm³/mol. The van der Waals surface area contributed by atoms with Crippen LogP contribution in [-0.2, 0) is 23.0 Å².